The number of ether oxygens (including phenoxy) is 2. The molecule has 0 aromatic heterocycles. The quantitative estimate of drug-likeness (QED) is 0.806. The zero-order valence-corrected chi connectivity index (χ0v) is 10.2. The van der Waals surface area contributed by atoms with Crippen LogP contribution in [0.2, 0.25) is 0 Å². The highest BCUT2D eigenvalue weighted by Gasteiger charge is 2.08. The van der Waals surface area contributed by atoms with Gasteiger partial charge in [-0.15, -0.1) is 0 Å². The fraction of sp³-hybridized carbons (Fsp3) is 0.538. The second-order valence-electron chi connectivity index (χ2n) is 3.84. The first-order valence-electron chi connectivity index (χ1n) is 5.60. The Hall–Kier alpha value is -1.22. The highest BCUT2D eigenvalue weighted by molar-refractivity contribution is 5.43. The van der Waals surface area contributed by atoms with E-state index in [4.69, 9.17) is 9.47 Å². The lowest BCUT2D eigenvalue weighted by atomic mass is 10.0. The largest absolute Gasteiger partial charge is 0.493 e. The Labute approximate surface area is 97.0 Å². The summed E-state index contributed by atoms with van der Waals surface area (Å²) in [5.41, 5.74) is 1.07. The number of aliphatic hydroxyl groups excluding tert-OH is 1. The number of benzene rings is 1. The second-order valence-corrected chi connectivity index (χ2v) is 3.84. The first-order chi connectivity index (χ1) is 7.71. The Bertz CT molecular complexity index is 323. The zero-order valence-electron chi connectivity index (χ0n) is 10.2. The summed E-state index contributed by atoms with van der Waals surface area (Å²) >= 11 is 0. The van der Waals surface area contributed by atoms with E-state index in [0.717, 1.165) is 24.2 Å². The van der Waals surface area contributed by atoms with Crippen molar-refractivity contribution in [2.45, 2.75) is 32.3 Å². The Morgan fingerprint density at radius 3 is 2.44 bits per heavy atom. The van der Waals surface area contributed by atoms with Gasteiger partial charge in [0.05, 0.1) is 20.3 Å². The van der Waals surface area contributed by atoms with Crippen molar-refractivity contribution in [3.05, 3.63) is 23.8 Å². The van der Waals surface area contributed by atoms with E-state index in [9.17, 15) is 5.11 Å². The molecule has 1 atom stereocenters. The lowest BCUT2D eigenvalue weighted by Gasteiger charge is -2.12. The summed E-state index contributed by atoms with van der Waals surface area (Å²) in [6.45, 7) is 2.07. The SMILES string of the molecule is CCCC(O)Cc1ccc(OC)c(OC)c1. The molecule has 1 rings (SSSR count). The van der Waals surface area contributed by atoms with Gasteiger partial charge in [-0.3, -0.25) is 0 Å². The van der Waals surface area contributed by atoms with Crippen molar-refractivity contribution in [3.8, 4) is 11.5 Å². The number of rotatable bonds is 6. The van der Waals surface area contributed by atoms with Gasteiger partial charge in [0, 0.05) is 0 Å². The summed E-state index contributed by atoms with van der Waals surface area (Å²) in [5, 5.41) is 9.72. The highest BCUT2D eigenvalue weighted by Crippen LogP contribution is 2.28. The molecule has 0 spiro atoms. The molecule has 1 unspecified atom stereocenters. The fourth-order valence-electron chi connectivity index (χ4n) is 1.71. The maximum Gasteiger partial charge on any atom is 0.160 e. The lowest BCUT2D eigenvalue weighted by molar-refractivity contribution is 0.164. The summed E-state index contributed by atoms with van der Waals surface area (Å²) < 4.78 is 10.4. The van der Waals surface area contributed by atoms with Crippen molar-refractivity contribution >= 4 is 0 Å². The molecule has 0 amide bonds. The molecule has 0 aliphatic rings. The molecule has 1 N–H and O–H groups in total. The number of methoxy groups -OCH3 is 2. The first-order valence-corrected chi connectivity index (χ1v) is 5.60. The molecular weight excluding hydrogens is 204 g/mol. The van der Waals surface area contributed by atoms with Crippen LogP contribution in [0.25, 0.3) is 0 Å². The Kier molecular flexibility index (Phi) is 5.12. The second kappa shape index (κ2) is 6.38. The molecule has 0 aliphatic carbocycles. The molecule has 0 fully saturated rings. The highest BCUT2D eigenvalue weighted by atomic mass is 16.5. The Morgan fingerprint density at radius 2 is 1.88 bits per heavy atom. The monoisotopic (exact) mass is 224 g/mol. The molecule has 90 valence electrons. The van der Waals surface area contributed by atoms with Crippen molar-refractivity contribution in [2.24, 2.45) is 0 Å². The summed E-state index contributed by atoms with van der Waals surface area (Å²) in [7, 11) is 3.23. The number of hydrogen-bond acceptors (Lipinski definition) is 3. The summed E-state index contributed by atoms with van der Waals surface area (Å²) in [6.07, 6.45) is 2.21. The van der Waals surface area contributed by atoms with Crippen molar-refractivity contribution in [1.82, 2.24) is 0 Å². The predicted molar refractivity (Wildman–Crippen MR) is 64.2 cm³/mol. The molecular formula is C13H20O3. The van der Waals surface area contributed by atoms with Crippen LogP contribution in [0.5, 0.6) is 11.5 Å². The Morgan fingerprint density at radius 1 is 1.19 bits per heavy atom. The van der Waals surface area contributed by atoms with E-state index in [1.54, 1.807) is 14.2 Å². The molecule has 0 radical (unpaired) electrons. The van der Waals surface area contributed by atoms with Crippen LogP contribution in [0.3, 0.4) is 0 Å². The van der Waals surface area contributed by atoms with Gasteiger partial charge in [0.25, 0.3) is 0 Å². The standard InChI is InChI=1S/C13H20O3/c1-4-5-11(14)8-10-6-7-12(15-2)13(9-10)16-3/h6-7,9,11,14H,4-5,8H2,1-3H3. The van der Waals surface area contributed by atoms with Crippen LogP contribution in [0.4, 0.5) is 0 Å². The van der Waals surface area contributed by atoms with Gasteiger partial charge < -0.3 is 14.6 Å². The molecule has 0 heterocycles. The van der Waals surface area contributed by atoms with Gasteiger partial charge in [-0.1, -0.05) is 19.4 Å². The first kappa shape index (κ1) is 12.8. The summed E-state index contributed by atoms with van der Waals surface area (Å²) in [4.78, 5) is 0. The van der Waals surface area contributed by atoms with Gasteiger partial charge in [-0.25, -0.2) is 0 Å². The molecule has 0 bridgehead atoms. The molecule has 0 saturated heterocycles. The zero-order chi connectivity index (χ0) is 12.0. The summed E-state index contributed by atoms with van der Waals surface area (Å²) in [5.74, 6) is 1.43. The maximum absolute atomic E-state index is 9.72. The predicted octanol–water partition coefficient (Wildman–Crippen LogP) is 2.41. The van der Waals surface area contributed by atoms with Crippen molar-refractivity contribution in [3.63, 3.8) is 0 Å². The van der Waals surface area contributed by atoms with Crippen LogP contribution < -0.4 is 9.47 Å². The van der Waals surface area contributed by atoms with Gasteiger partial charge in [0.2, 0.25) is 0 Å². The van der Waals surface area contributed by atoms with E-state index in [1.165, 1.54) is 0 Å². The van der Waals surface area contributed by atoms with E-state index in [1.807, 2.05) is 18.2 Å². The average molecular weight is 224 g/mol. The third-order valence-corrected chi connectivity index (χ3v) is 2.54. The van der Waals surface area contributed by atoms with Gasteiger partial charge >= 0.3 is 0 Å². The normalized spacial score (nSPS) is 12.2. The summed E-state index contributed by atoms with van der Waals surface area (Å²) in [6, 6.07) is 5.74. The van der Waals surface area contributed by atoms with Gasteiger partial charge in [0.15, 0.2) is 11.5 Å². The number of hydrogen-bond donors (Lipinski definition) is 1. The van der Waals surface area contributed by atoms with E-state index in [0.29, 0.717) is 12.2 Å². The smallest absolute Gasteiger partial charge is 0.160 e. The van der Waals surface area contributed by atoms with E-state index in [-0.39, 0.29) is 6.10 Å². The van der Waals surface area contributed by atoms with E-state index >= 15 is 0 Å². The van der Waals surface area contributed by atoms with Gasteiger partial charge in [-0.05, 0) is 30.5 Å². The third-order valence-electron chi connectivity index (χ3n) is 2.54. The van der Waals surface area contributed by atoms with Crippen molar-refractivity contribution in [2.75, 3.05) is 14.2 Å². The Balaban J connectivity index is 2.74. The van der Waals surface area contributed by atoms with Crippen LogP contribution in [-0.4, -0.2) is 25.4 Å². The van der Waals surface area contributed by atoms with Crippen LogP contribution in [-0.2, 0) is 6.42 Å². The van der Waals surface area contributed by atoms with E-state index < -0.39 is 0 Å². The number of aliphatic hydroxyl groups is 1. The van der Waals surface area contributed by atoms with Crippen LogP contribution in [0, 0.1) is 0 Å². The average Bonchev–Trinajstić information content (AvgIpc) is 2.29. The van der Waals surface area contributed by atoms with Crippen LogP contribution in [0.15, 0.2) is 18.2 Å². The molecule has 3 heteroatoms. The van der Waals surface area contributed by atoms with Crippen LogP contribution >= 0.6 is 0 Å². The minimum atomic E-state index is -0.275. The fourth-order valence-corrected chi connectivity index (χ4v) is 1.71. The maximum atomic E-state index is 9.72. The molecule has 0 saturated carbocycles. The van der Waals surface area contributed by atoms with Crippen LogP contribution in [0.1, 0.15) is 25.3 Å². The van der Waals surface area contributed by atoms with Gasteiger partial charge in [-0.2, -0.15) is 0 Å². The van der Waals surface area contributed by atoms with Crippen molar-refractivity contribution in [1.29, 1.82) is 0 Å². The molecule has 0 aliphatic heterocycles. The minimum absolute atomic E-state index is 0.275. The molecule has 16 heavy (non-hydrogen) atoms. The van der Waals surface area contributed by atoms with Crippen molar-refractivity contribution < 1.29 is 14.6 Å². The lowest BCUT2D eigenvalue weighted by Crippen LogP contribution is -2.09. The minimum Gasteiger partial charge on any atom is -0.493 e. The molecule has 1 aromatic carbocycles. The molecule has 3 nitrogen and oxygen atoms in total. The van der Waals surface area contributed by atoms with E-state index in [2.05, 4.69) is 6.92 Å². The third kappa shape index (κ3) is 3.42. The topological polar surface area (TPSA) is 38.7 Å². The van der Waals surface area contributed by atoms with Gasteiger partial charge in [0.1, 0.15) is 0 Å². The molecule has 1 aromatic rings.